The number of fused-ring (bicyclic) bond motifs is 1. The highest BCUT2D eigenvalue weighted by Crippen LogP contribution is 2.40. The van der Waals surface area contributed by atoms with Gasteiger partial charge in [-0.3, -0.25) is 18.5 Å². The molecule has 21 heavy (non-hydrogen) atoms. The van der Waals surface area contributed by atoms with Crippen molar-refractivity contribution in [3.63, 3.8) is 0 Å². The van der Waals surface area contributed by atoms with E-state index in [0.717, 1.165) is 12.3 Å². The average Bonchev–Trinajstić information content (AvgIpc) is 2.60. The van der Waals surface area contributed by atoms with Crippen molar-refractivity contribution < 1.29 is 22.3 Å². The number of hydrogen-bond donors (Lipinski definition) is 2. The fourth-order valence-electron chi connectivity index (χ4n) is 2.50. The van der Waals surface area contributed by atoms with Crippen LogP contribution in [0, 0.1) is 4.77 Å². The second-order valence-corrected chi connectivity index (χ2v) is 7.22. The average molecular weight is 350 g/mol. The molecule has 11 heteroatoms. The summed E-state index contributed by atoms with van der Waals surface area (Å²) in [4.78, 5) is 13.8. The van der Waals surface area contributed by atoms with Crippen LogP contribution in [0.25, 0.3) is 0 Å². The number of rotatable bonds is 1. The molecule has 8 nitrogen and oxygen atoms in total. The van der Waals surface area contributed by atoms with E-state index < -0.39 is 34.0 Å². The van der Waals surface area contributed by atoms with Gasteiger partial charge in [-0.15, -0.1) is 0 Å². The molecule has 0 amide bonds. The van der Waals surface area contributed by atoms with Crippen LogP contribution in [0.15, 0.2) is 17.1 Å². The maximum atomic E-state index is 11.3. The fourth-order valence-corrected chi connectivity index (χ4v) is 4.30. The number of ether oxygens (including phenoxy) is 1. The summed E-state index contributed by atoms with van der Waals surface area (Å²) in [5, 5.41) is 10.8. The van der Waals surface area contributed by atoms with E-state index in [1.54, 1.807) is 6.92 Å². The molecule has 2 aliphatic heterocycles. The Bertz CT molecular complexity index is 634. The molecule has 0 radical (unpaired) electrons. The zero-order chi connectivity index (χ0) is 15.0. The summed E-state index contributed by atoms with van der Waals surface area (Å²) in [5.41, 5.74) is -1.64. The van der Waals surface area contributed by atoms with Crippen molar-refractivity contribution in [2.45, 2.75) is 31.0 Å². The van der Waals surface area contributed by atoms with Crippen LogP contribution < -0.4 is 5.56 Å². The van der Waals surface area contributed by atoms with Crippen LogP contribution >= 0.6 is 24.5 Å². The minimum Gasteiger partial charge on any atom is -0.389 e. The summed E-state index contributed by atoms with van der Waals surface area (Å²) in [7, 11) is -1.28. The summed E-state index contributed by atoms with van der Waals surface area (Å²) >= 11 is 6.00. The van der Waals surface area contributed by atoms with Crippen LogP contribution in [-0.4, -0.2) is 49.1 Å². The minimum absolute atomic E-state index is 0.172. The third-order valence-corrected chi connectivity index (χ3v) is 5.26. The molecule has 0 aromatic carbocycles. The zero-order valence-corrected chi connectivity index (χ0v) is 14.1. The van der Waals surface area contributed by atoms with Gasteiger partial charge in [0.25, 0.3) is 5.56 Å². The van der Waals surface area contributed by atoms with Gasteiger partial charge < -0.3 is 18.1 Å². The summed E-state index contributed by atoms with van der Waals surface area (Å²) in [5.74, 6) is 0. The number of H-pyrrole nitrogens is 1. The summed E-state index contributed by atoms with van der Waals surface area (Å²) in [6.07, 6.45) is -0.313. The standard InChI is InChI=1S/C10H14N2O6S2Si/c1-10(14)7-5(4-15-20-18-21-17-7)16-8(10)12-3-2-6(13)11-9(12)19/h2-3,5,7-8,14H,4,21H2,1H3,(H,11,13,19)/t5-,7?,8-,10?/m1/s1. The first-order chi connectivity index (χ1) is 10.00. The van der Waals surface area contributed by atoms with Gasteiger partial charge in [-0.1, -0.05) is 0 Å². The quantitative estimate of drug-likeness (QED) is 0.399. The van der Waals surface area contributed by atoms with Crippen LogP contribution in [0.3, 0.4) is 0 Å². The topological polar surface area (TPSA) is 94.9 Å². The molecule has 3 heterocycles. The van der Waals surface area contributed by atoms with Gasteiger partial charge in [0.2, 0.25) is 0 Å². The molecule has 2 saturated heterocycles. The Kier molecular flexibility index (Phi) is 4.34. The van der Waals surface area contributed by atoms with Crippen molar-refractivity contribution in [2.24, 2.45) is 0 Å². The van der Waals surface area contributed by atoms with E-state index in [9.17, 15) is 9.90 Å². The van der Waals surface area contributed by atoms with Crippen LogP contribution in [-0.2, 0) is 17.2 Å². The number of nitrogens with zero attached hydrogens (tertiary/aromatic N) is 1. The molecule has 0 saturated carbocycles. The molecule has 2 aliphatic rings. The molecule has 2 fully saturated rings. The van der Waals surface area contributed by atoms with Crippen molar-refractivity contribution in [1.29, 1.82) is 0 Å². The second-order valence-electron chi connectivity index (χ2n) is 4.95. The van der Waals surface area contributed by atoms with Gasteiger partial charge in [-0.2, -0.15) is 0 Å². The van der Waals surface area contributed by atoms with Crippen LogP contribution in [0.2, 0.25) is 0 Å². The lowest BCUT2D eigenvalue weighted by Crippen LogP contribution is -2.47. The maximum absolute atomic E-state index is 11.3. The molecule has 1 aromatic rings. The number of aromatic amines is 1. The molecule has 0 bridgehead atoms. The van der Waals surface area contributed by atoms with Gasteiger partial charge in [0.05, 0.1) is 6.61 Å². The van der Waals surface area contributed by atoms with Gasteiger partial charge in [0.15, 0.2) is 11.0 Å². The minimum atomic E-state index is -1.33. The van der Waals surface area contributed by atoms with E-state index in [4.69, 9.17) is 29.4 Å². The third kappa shape index (κ3) is 2.87. The molecule has 1 aromatic heterocycles. The Hall–Kier alpha value is -0.533. The highest BCUT2D eigenvalue weighted by molar-refractivity contribution is 7.90. The van der Waals surface area contributed by atoms with Crippen LogP contribution in [0.4, 0.5) is 0 Å². The Morgan fingerprint density at radius 1 is 1.67 bits per heavy atom. The van der Waals surface area contributed by atoms with Gasteiger partial charge in [-0.25, -0.2) is 0 Å². The van der Waals surface area contributed by atoms with Gasteiger partial charge in [-0.05, 0) is 19.1 Å². The van der Waals surface area contributed by atoms with E-state index in [1.165, 1.54) is 16.8 Å². The largest absolute Gasteiger partial charge is 0.389 e. The lowest BCUT2D eigenvalue weighted by molar-refractivity contribution is -0.0947. The molecular formula is C10H14N2O6S2Si. The molecule has 3 rings (SSSR count). The monoisotopic (exact) mass is 350 g/mol. The van der Waals surface area contributed by atoms with E-state index in [-0.39, 0.29) is 16.9 Å². The van der Waals surface area contributed by atoms with Crippen molar-refractivity contribution in [3.8, 4) is 0 Å². The predicted octanol–water partition coefficient (Wildman–Crippen LogP) is -0.452. The van der Waals surface area contributed by atoms with E-state index in [2.05, 4.69) is 4.98 Å². The van der Waals surface area contributed by atoms with E-state index in [1.807, 2.05) is 0 Å². The first-order valence-electron chi connectivity index (χ1n) is 6.22. The summed E-state index contributed by atoms with van der Waals surface area (Å²) in [6.45, 7) is 1.82. The Morgan fingerprint density at radius 2 is 2.48 bits per heavy atom. The first kappa shape index (κ1) is 15.4. The van der Waals surface area contributed by atoms with Crippen molar-refractivity contribution in [3.05, 3.63) is 27.4 Å². The lowest BCUT2D eigenvalue weighted by Gasteiger charge is -2.31. The molecule has 2 N–H and O–H groups in total. The SMILES string of the molecule is CC1(O)C2O[SiH2]OSOC[C@H]2O[C@H]1n1ccc(=O)[nH]c1=S. The predicted molar refractivity (Wildman–Crippen MR) is 78.5 cm³/mol. The summed E-state index contributed by atoms with van der Waals surface area (Å²) in [6, 6.07) is 1.32. The Morgan fingerprint density at radius 3 is 3.24 bits per heavy atom. The Labute approximate surface area is 131 Å². The van der Waals surface area contributed by atoms with Crippen LogP contribution in [0.1, 0.15) is 13.2 Å². The van der Waals surface area contributed by atoms with Crippen molar-refractivity contribution >= 4 is 34.5 Å². The summed E-state index contributed by atoms with van der Waals surface area (Å²) < 4.78 is 23.5. The van der Waals surface area contributed by atoms with Crippen molar-refractivity contribution in [1.82, 2.24) is 9.55 Å². The molecule has 116 valence electrons. The van der Waals surface area contributed by atoms with Gasteiger partial charge in [0.1, 0.15) is 30.1 Å². The molecule has 0 aliphatic carbocycles. The van der Waals surface area contributed by atoms with E-state index in [0.29, 0.717) is 0 Å². The smallest absolute Gasteiger partial charge is 0.322 e. The first-order valence-corrected chi connectivity index (χ1v) is 8.45. The second kappa shape index (κ2) is 5.93. The fraction of sp³-hybridized carbons (Fsp3) is 0.600. The lowest BCUT2D eigenvalue weighted by atomic mass is 9.96. The number of nitrogens with one attached hydrogen (secondary N) is 1. The number of aromatic nitrogens is 2. The van der Waals surface area contributed by atoms with Crippen LogP contribution in [0.5, 0.6) is 0 Å². The number of aliphatic hydroxyl groups is 1. The van der Waals surface area contributed by atoms with Gasteiger partial charge in [0, 0.05) is 12.3 Å². The zero-order valence-electron chi connectivity index (χ0n) is 11.1. The molecule has 2 unspecified atom stereocenters. The van der Waals surface area contributed by atoms with E-state index >= 15 is 0 Å². The third-order valence-electron chi connectivity index (χ3n) is 3.45. The molecule has 0 spiro atoms. The normalized spacial score (nSPS) is 37.9. The Balaban J connectivity index is 1.95. The highest BCUT2D eigenvalue weighted by atomic mass is 32.2. The van der Waals surface area contributed by atoms with Crippen molar-refractivity contribution in [2.75, 3.05) is 6.61 Å². The molecular weight excluding hydrogens is 336 g/mol. The molecule has 4 atom stereocenters. The number of hydrogen-bond acceptors (Lipinski definition) is 8. The maximum Gasteiger partial charge on any atom is 0.322 e. The highest BCUT2D eigenvalue weighted by Gasteiger charge is 2.54. The van der Waals surface area contributed by atoms with Gasteiger partial charge >= 0.3 is 10.0 Å².